The predicted octanol–water partition coefficient (Wildman–Crippen LogP) is 5.83. The summed E-state index contributed by atoms with van der Waals surface area (Å²) < 4.78 is 12.9. The fourth-order valence-corrected chi connectivity index (χ4v) is 8.93. The molecule has 6 unspecified atom stereocenters. The molecule has 1 aromatic heterocycles. The van der Waals surface area contributed by atoms with E-state index in [1.54, 1.807) is 6.08 Å². The van der Waals surface area contributed by atoms with Gasteiger partial charge < -0.3 is 19.6 Å². The van der Waals surface area contributed by atoms with Gasteiger partial charge in [0.25, 0.3) is 0 Å². The summed E-state index contributed by atoms with van der Waals surface area (Å²) >= 11 is 0. The molecule has 1 aromatic carbocycles. The number of aliphatic hydroxyl groups is 1. The molecule has 196 valence electrons. The minimum absolute atomic E-state index is 0.0836. The number of rotatable bonds is 2. The maximum absolute atomic E-state index is 13.2. The first-order valence-electron chi connectivity index (χ1n) is 14.0. The Balaban J connectivity index is 1.36. The number of H-pyrrole nitrogens is 1. The highest BCUT2D eigenvalue weighted by Gasteiger charge is 2.75. The average molecular weight is 502 g/mol. The largest absolute Gasteiger partial charge is 0.385 e. The number of aromatic amines is 1. The fraction of sp³-hybridized carbons (Fsp3) is 0.594. The van der Waals surface area contributed by atoms with Crippen molar-refractivity contribution in [2.45, 2.75) is 109 Å². The molecule has 5 heteroatoms. The molecule has 3 fully saturated rings. The van der Waals surface area contributed by atoms with Gasteiger partial charge in [0, 0.05) is 39.4 Å². The molecule has 0 amide bonds. The molecule has 0 radical (unpaired) electrons. The number of aromatic nitrogens is 1. The molecule has 2 aliphatic heterocycles. The van der Waals surface area contributed by atoms with E-state index >= 15 is 0 Å². The van der Waals surface area contributed by atoms with E-state index in [0.29, 0.717) is 24.3 Å². The van der Waals surface area contributed by atoms with E-state index in [2.05, 4.69) is 57.0 Å². The van der Waals surface area contributed by atoms with Crippen LogP contribution in [0.25, 0.3) is 10.9 Å². The fourth-order valence-electron chi connectivity index (χ4n) is 8.93. The quantitative estimate of drug-likeness (QED) is 0.508. The summed E-state index contributed by atoms with van der Waals surface area (Å²) in [5.74, 6) is -0.644. The number of nitrogens with one attached hydrogen (secondary N) is 1. The minimum Gasteiger partial charge on any atom is -0.385 e. The predicted molar refractivity (Wildman–Crippen MR) is 143 cm³/mol. The number of benzene rings is 1. The van der Waals surface area contributed by atoms with Gasteiger partial charge >= 0.3 is 0 Å². The molecule has 6 atom stereocenters. The van der Waals surface area contributed by atoms with Crippen molar-refractivity contribution in [1.82, 2.24) is 4.98 Å². The molecular weight excluding hydrogens is 462 g/mol. The molecule has 37 heavy (non-hydrogen) atoms. The van der Waals surface area contributed by atoms with Gasteiger partial charge in [-0.1, -0.05) is 31.6 Å². The first kappa shape index (κ1) is 23.9. The molecule has 5 nitrogen and oxygen atoms in total. The first-order valence-corrected chi connectivity index (χ1v) is 14.0. The highest BCUT2D eigenvalue weighted by Crippen LogP contribution is 2.71. The second-order valence-electron chi connectivity index (χ2n) is 13.6. The van der Waals surface area contributed by atoms with Crippen molar-refractivity contribution in [2.24, 2.45) is 11.3 Å². The summed E-state index contributed by atoms with van der Waals surface area (Å²) in [5.41, 5.74) is 4.58. The lowest BCUT2D eigenvalue weighted by Crippen LogP contribution is -2.69. The van der Waals surface area contributed by atoms with Crippen molar-refractivity contribution in [3.63, 3.8) is 0 Å². The SMILES string of the molecule is CC(C)=CCc1ccc2[nH]c3c(c2c1)CC1CCC2(O)C4=CC(=O)C5OC4(CCC2(C)C31C)OC5(C)C. The second kappa shape index (κ2) is 7.05. The Bertz CT molecular complexity index is 1430. The lowest BCUT2D eigenvalue weighted by atomic mass is 9.42. The Kier molecular flexibility index (Phi) is 4.55. The van der Waals surface area contributed by atoms with Crippen LogP contribution < -0.4 is 0 Å². The minimum atomic E-state index is -1.18. The van der Waals surface area contributed by atoms with Crippen molar-refractivity contribution in [3.8, 4) is 0 Å². The summed E-state index contributed by atoms with van der Waals surface area (Å²) in [5, 5.41) is 14.0. The summed E-state index contributed by atoms with van der Waals surface area (Å²) in [4.78, 5) is 17.0. The molecule has 2 N–H and O–H groups in total. The molecule has 1 saturated heterocycles. The number of allylic oxidation sites excluding steroid dienone is 2. The van der Waals surface area contributed by atoms with Gasteiger partial charge in [0.05, 0.1) is 5.60 Å². The summed E-state index contributed by atoms with van der Waals surface area (Å²) in [6.45, 7) is 12.8. The zero-order valence-corrected chi connectivity index (χ0v) is 23.0. The van der Waals surface area contributed by atoms with Crippen molar-refractivity contribution >= 4 is 16.7 Å². The van der Waals surface area contributed by atoms with Gasteiger partial charge in [-0.2, -0.15) is 0 Å². The van der Waals surface area contributed by atoms with Crippen LogP contribution in [0.4, 0.5) is 0 Å². The standard InChI is InChI=1S/C32H39NO4/c1-18(2)7-8-19-9-10-23-21(15-19)22-16-20-11-12-31(35)25-17-24(34)27-28(3,4)37-32(25,36-27)14-13-29(31,5)30(20,6)26(22)33-23/h7,9-10,15,17,20,27,33,35H,8,11-14,16H2,1-6H3. The van der Waals surface area contributed by atoms with Crippen LogP contribution in [0.3, 0.4) is 0 Å². The first-order chi connectivity index (χ1) is 17.3. The van der Waals surface area contributed by atoms with Gasteiger partial charge in [-0.15, -0.1) is 0 Å². The number of carbonyl (C=O) groups is 1. The highest BCUT2D eigenvalue weighted by atomic mass is 16.8. The number of hydrogen-bond acceptors (Lipinski definition) is 4. The van der Waals surface area contributed by atoms with Crippen LogP contribution in [-0.4, -0.2) is 39.0 Å². The highest BCUT2D eigenvalue weighted by molar-refractivity contribution is 5.97. The van der Waals surface area contributed by atoms with Gasteiger partial charge in [0.1, 0.15) is 5.60 Å². The van der Waals surface area contributed by atoms with E-state index < -0.39 is 28.5 Å². The van der Waals surface area contributed by atoms with E-state index in [4.69, 9.17) is 9.47 Å². The Morgan fingerprint density at radius 2 is 1.95 bits per heavy atom. The zero-order chi connectivity index (χ0) is 26.2. The normalized spacial score (nSPS) is 41.1. The van der Waals surface area contributed by atoms with Crippen LogP contribution in [0.2, 0.25) is 0 Å². The maximum Gasteiger partial charge on any atom is 0.195 e. The topological polar surface area (TPSA) is 71.5 Å². The average Bonchev–Trinajstić information content (AvgIpc) is 3.42. The van der Waals surface area contributed by atoms with E-state index in [9.17, 15) is 9.90 Å². The number of fused-ring (bicyclic) bond motifs is 9. The Hall–Kier alpha value is -2.21. The number of hydrogen-bond donors (Lipinski definition) is 2. The van der Waals surface area contributed by atoms with Crippen molar-refractivity contribution < 1.29 is 19.4 Å². The molecule has 5 aliphatic rings. The number of carbonyl (C=O) groups excluding carboxylic acids is 1. The lowest BCUT2D eigenvalue weighted by molar-refractivity contribution is -0.247. The van der Waals surface area contributed by atoms with Gasteiger partial charge in [-0.25, -0.2) is 0 Å². The lowest BCUT2D eigenvalue weighted by Gasteiger charge is -2.65. The monoisotopic (exact) mass is 501 g/mol. The van der Waals surface area contributed by atoms with Crippen LogP contribution in [0.1, 0.15) is 84.0 Å². The van der Waals surface area contributed by atoms with Crippen LogP contribution in [0.5, 0.6) is 0 Å². The van der Waals surface area contributed by atoms with E-state index in [1.165, 1.54) is 33.3 Å². The van der Waals surface area contributed by atoms with Crippen LogP contribution >= 0.6 is 0 Å². The molecular formula is C32H39NO4. The number of ether oxygens (including phenoxy) is 2. The third-order valence-electron chi connectivity index (χ3n) is 11.1. The van der Waals surface area contributed by atoms with E-state index in [-0.39, 0.29) is 11.2 Å². The third-order valence-corrected chi connectivity index (χ3v) is 11.1. The summed E-state index contributed by atoms with van der Waals surface area (Å²) in [6, 6.07) is 6.81. The number of ketones is 1. The van der Waals surface area contributed by atoms with Gasteiger partial charge in [0.2, 0.25) is 0 Å². The van der Waals surface area contributed by atoms with Gasteiger partial charge in [-0.3, -0.25) is 4.79 Å². The molecule has 3 heterocycles. The van der Waals surface area contributed by atoms with Crippen LogP contribution in [-0.2, 0) is 32.5 Å². The van der Waals surface area contributed by atoms with E-state index in [0.717, 1.165) is 25.7 Å². The molecule has 7 rings (SSSR count). The molecule has 1 spiro atoms. The Morgan fingerprint density at radius 3 is 2.70 bits per heavy atom. The van der Waals surface area contributed by atoms with Crippen LogP contribution in [0.15, 0.2) is 41.5 Å². The van der Waals surface area contributed by atoms with Gasteiger partial charge in [0.15, 0.2) is 17.7 Å². The smallest absolute Gasteiger partial charge is 0.195 e. The second-order valence-corrected chi connectivity index (χ2v) is 13.6. The van der Waals surface area contributed by atoms with Gasteiger partial charge in [-0.05, 0) is 95.1 Å². The molecule has 2 saturated carbocycles. The molecule has 3 aliphatic carbocycles. The van der Waals surface area contributed by atoms with Crippen LogP contribution in [0, 0.1) is 11.3 Å². The maximum atomic E-state index is 13.2. The molecule has 2 bridgehead atoms. The third kappa shape index (κ3) is 2.73. The van der Waals surface area contributed by atoms with E-state index in [1.807, 2.05) is 13.8 Å². The summed E-state index contributed by atoms with van der Waals surface area (Å²) in [7, 11) is 0. The van der Waals surface area contributed by atoms with Crippen molar-refractivity contribution in [2.75, 3.05) is 0 Å². The Morgan fingerprint density at radius 1 is 1.16 bits per heavy atom. The Labute approximate surface area is 219 Å². The van der Waals surface area contributed by atoms with Crippen molar-refractivity contribution in [1.29, 1.82) is 0 Å². The molecule has 2 aromatic rings. The zero-order valence-electron chi connectivity index (χ0n) is 23.0. The van der Waals surface area contributed by atoms with Crippen molar-refractivity contribution in [3.05, 3.63) is 58.3 Å². The summed E-state index contributed by atoms with van der Waals surface area (Å²) in [6.07, 6.45) is 8.28.